The fraction of sp³-hybridized carbons (Fsp3) is 0.308. The predicted octanol–water partition coefficient (Wildman–Crippen LogP) is 3.56. The lowest BCUT2D eigenvalue weighted by Gasteiger charge is -2.13. The molecule has 0 bridgehead atoms. The summed E-state index contributed by atoms with van der Waals surface area (Å²) in [6.07, 6.45) is -0.709. The molecule has 2 aromatic rings. The molecule has 0 saturated heterocycles. The molecule has 0 aliphatic carbocycles. The van der Waals surface area contributed by atoms with Gasteiger partial charge in [-0.3, -0.25) is 4.68 Å². The normalized spacial score (nSPS) is 12.7. The molecule has 1 unspecified atom stereocenters. The molecule has 2 rings (SSSR count). The predicted molar refractivity (Wildman–Crippen MR) is 75.7 cm³/mol. The van der Waals surface area contributed by atoms with Crippen LogP contribution in [0.25, 0.3) is 0 Å². The quantitative estimate of drug-likeness (QED) is 0.922. The van der Waals surface area contributed by atoms with E-state index in [-0.39, 0.29) is 12.0 Å². The van der Waals surface area contributed by atoms with Crippen LogP contribution in [0.3, 0.4) is 0 Å². The van der Waals surface area contributed by atoms with Crippen LogP contribution < -0.4 is 0 Å². The molecule has 0 radical (unpaired) electrons. The maximum atomic E-state index is 13.7. The second kappa shape index (κ2) is 5.61. The Bertz CT molecular complexity index is 615. The Balaban J connectivity index is 2.30. The number of rotatable bonds is 3. The first-order valence-electron chi connectivity index (χ1n) is 5.71. The third-order valence-corrected chi connectivity index (χ3v) is 4.23. The SMILES string of the molecule is Cc1nn(C)c(CC(O)c2cc(Cl)ccc2F)c1Br. The largest absolute Gasteiger partial charge is 0.388 e. The number of aliphatic hydroxyl groups is 1. The van der Waals surface area contributed by atoms with Crippen LogP contribution in [-0.4, -0.2) is 14.9 Å². The number of aryl methyl sites for hydroxylation is 2. The molecule has 0 aliphatic heterocycles. The topological polar surface area (TPSA) is 38.0 Å². The minimum Gasteiger partial charge on any atom is -0.388 e. The summed E-state index contributed by atoms with van der Waals surface area (Å²) in [5.41, 5.74) is 1.83. The van der Waals surface area contributed by atoms with Gasteiger partial charge in [0.2, 0.25) is 0 Å². The van der Waals surface area contributed by atoms with E-state index in [4.69, 9.17) is 11.6 Å². The van der Waals surface area contributed by atoms with Crippen LogP contribution in [0, 0.1) is 12.7 Å². The van der Waals surface area contributed by atoms with Gasteiger partial charge in [0.15, 0.2) is 0 Å². The highest BCUT2D eigenvalue weighted by Gasteiger charge is 2.19. The summed E-state index contributed by atoms with van der Waals surface area (Å²) >= 11 is 9.25. The summed E-state index contributed by atoms with van der Waals surface area (Å²) in [7, 11) is 1.79. The van der Waals surface area contributed by atoms with Crippen molar-refractivity contribution in [2.24, 2.45) is 7.05 Å². The van der Waals surface area contributed by atoms with Crippen LogP contribution in [0.2, 0.25) is 5.02 Å². The molecule has 1 N–H and O–H groups in total. The minimum atomic E-state index is -0.968. The third-order valence-electron chi connectivity index (χ3n) is 2.97. The Hall–Kier alpha value is -0.910. The Labute approximate surface area is 124 Å². The number of aromatic nitrogens is 2. The van der Waals surface area contributed by atoms with Crippen LogP contribution >= 0.6 is 27.5 Å². The lowest BCUT2D eigenvalue weighted by Crippen LogP contribution is -2.08. The first kappa shape index (κ1) is 14.5. The van der Waals surface area contributed by atoms with Crippen LogP contribution in [0.1, 0.15) is 23.1 Å². The van der Waals surface area contributed by atoms with E-state index < -0.39 is 11.9 Å². The molecule has 0 spiro atoms. The number of halogens is 3. The average molecular weight is 348 g/mol. The lowest BCUT2D eigenvalue weighted by atomic mass is 10.0. The van der Waals surface area contributed by atoms with Gasteiger partial charge in [-0.05, 0) is 41.1 Å². The second-order valence-corrected chi connectivity index (χ2v) is 5.58. The summed E-state index contributed by atoms with van der Waals surface area (Å²) in [6.45, 7) is 1.86. The molecule has 102 valence electrons. The molecule has 0 amide bonds. The van der Waals surface area contributed by atoms with Gasteiger partial charge in [-0.1, -0.05) is 11.6 Å². The zero-order valence-electron chi connectivity index (χ0n) is 10.5. The molecule has 1 aromatic carbocycles. The summed E-state index contributed by atoms with van der Waals surface area (Å²) < 4.78 is 16.2. The van der Waals surface area contributed by atoms with Crippen molar-refractivity contribution in [2.75, 3.05) is 0 Å². The highest BCUT2D eigenvalue weighted by atomic mass is 79.9. The van der Waals surface area contributed by atoms with E-state index in [1.165, 1.54) is 18.2 Å². The maximum Gasteiger partial charge on any atom is 0.129 e. The molecule has 0 fully saturated rings. The van der Waals surface area contributed by atoms with Gasteiger partial charge in [0, 0.05) is 24.1 Å². The standard InChI is InChI=1S/C13H13BrClFN2O/c1-7-13(14)11(18(2)17-7)6-12(19)9-5-8(15)3-4-10(9)16/h3-5,12,19H,6H2,1-2H3. The van der Waals surface area contributed by atoms with Crippen molar-refractivity contribution < 1.29 is 9.50 Å². The van der Waals surface area contributed by atoms with Gasteiger partial charge >= 0.3 is 0 Å². The van der Waals surface area contributed by atoms with Crippen molar-refractivity contribution in [3.8, 4) is 0 Å². The summed E-state index contributed by atoms with van der Waals surface area (Å²) in [5.74, 6) is -0.466. The Morgan fingerprint density at radius 2 is 2.21 bits per heavy atom. The monoisotopic (exact) mass is 346 g/mol. The smallest absolute Gasteiger partial charge is 0.129 e. The van der Waals surface area contributed by atoms with E-state index >= 15 is 0 Å². The molecule has 0 saturated carbocycles. The molecular formula is C13H13BrClFN2O. The molecule has 1 aromatic heterocycles. The second-order valence-electron chi connectivity index (χ2n) is 4.36. The van der Waals surface area contributed by atoms with Gasteiger partial charge in [0.05, 0.1) is 22.0 Å². The summed E-state index contributed by atoms with van der Waals surface area (Å²) in [6, 6.07) is 4.15. The van der Waals surface area contributed by atoms with Crippen LogP contribution in [0.5, 0.6) is 0 Å². The lowest BCUT2D eigenvalue weighted by molar-refractivity contribution is 0.171. The Morgan fingerprint density at radius 3 is 2.79 bits per heavy atom. The van der Waals surface area contributed by atoms with Crippen molar-refractivity contribution in [1.82, 2.24) is 9.78 Å². The number of benzene rings is 1. The number of nitrogens with zero attached hydrogens (tertiary/aromatic N) is 2. The first-order chi connectivity index (χ1) is 8.90. The van der Waals surface area contributed by atoms with Crippen molar-refractivity contribution in [3.63, 3.8) is 0 Å². The highest BCUT2D eigenvalue weighted by molar-refractivity contribution is 9.10. The summed E-state index contributed by atoms with van der Waals surface area (Å²) in [5, 5.41) is 14.8. The first-order valence-corrected chi connectivity index (χ1v) is 6.88. The van der Waals surface area contributed by atoms with Crippen LogP contribution in [-0.2, 0) is 13.5 Å². The highest BCUT2D eigenvalue weighted by Crippen LogP contribution is 2.28. The van der Waals surface area contributed by atoms with Crippen LogP contribution in [0.15, 0.2) is 22.7 Å². The van der Waals surface area contributed by atoms with E-state index in [0.29, 0.717) is 5.02 Å². The van der Waals surface area contributed by atoms with E-state index in [9.17, 15) is 9.50 Å². The molecule has 6 heteroatoms. The Kier molecular flexibility index (Phi) is 4.28. The third kappa shape index (κ3) is 2.99. The zero-order valence-corrected chi connectivity index (χ0v) is 12.8. The van der Waals surface area contributed by atoms with Crippen molar-refractivity contribution >= 4 is 27.5 Å². The molecule has 3 nitrogen and oxygen atoms in total. The van der Waals surface area contributed by atoms with Gasteiger partial charge in [0.25, 0.3) is 0 Å². The number of aliphatic hydroxyl groups excluding tert-OH is 1. The molecule has 1 heterocycles. The van der Waals surface area contributed by atoms with Crippen molar-refractivity contribution in [2.45, 2.75) is 19.4 Å². The van der Waals surface area contributed by atoms with Gasteiger partial charge in [0.1, 0.15) is 5.82 Å². The summed E-state index contributed by atoms with van der Waals surface area (Å²) in [4.78, 5) is 0. The van der Waals surface area contributed by atoms with Gasteiger partial charge in [-0.25, -0.2) is 4.39 Å². The Morgan fingerprint density at radius 1 is 1.53 bits per heavy atom. The van der Waals surface area contributed by atoms with Crippen LogP contribution in [0.4, 0.5) is 4.39 Å². The van der Waals surface area contributed by atoms with Gasteiger partial charge in [-0.15, -0.1) is 0 Å². The molecule has 0 aliphatic rings. The van der Waals surface area contributed by atoms with E-state index in [2.05, 4.69) is 21.0 Å². The molecule has 19 heavy (non-hydrogen) atoms. The number of hydrogen-bond donors (Lipinski definition) is 1. The minimum absolute atomic E-state index is 0.193. The van der Waals surface area contributed by atoms with Crippen molar-refractivity contribution in [1.29, 1.82) is 0 Å². The van der Waals surface area contributed by atoms with E-state index in [1.807, 2.05) is 6.92 Å². The van der Waals surface area contributed by atoms with Crippen molar-refractivity contribution in [3.05, 3.63) is 50.5 Å². The maximum absolute atomic E-state index is 13.7. The van der Waals surface area contributed by atoms with E-state index in [0.717, 1.165) is 15.9 Å². The fourth-order valence-corrected chi connectivity index (χ4v) is 2.64. The molecular weight excluding hydrogens is 335 g/mol. The van der Waals surface area contributed by atoms with Gasteiger partial charge < -0.3 is 5.11 Å². The average Bonchev–Trinajstić information content (AvgIpc) is 2.59. The fourth-order valence-electron chi connectivity index (χ4n) is 1.96. The zero-order chi connectivity index (χ0) is 14.2. The van der Waals surface area contributed by atoms with Gasteiger partial charge in [-0.2, -0.15) is 5.10 Å². The van der Waals surface area contributed by atoms with E-state index in [1.54, 1.807) is 11.7 Å². The molecule has 1 atom stereocenters. The number of hydrogen-bond acceptors (Lipinski definition) is 2.